The summed E-state index contributed by atoms with van der Waals surface area (Å²) < 4.78 is 27.2. The van der Waals surface area contributed by atoms with Crippen molar-refractivity contribution in [3.63, 3.8) is 0 Å². The van der Waals surface area contributed by atoms with Crippen LogP contribution in [0.5, 0.6) is 0 Å². The van der Waals surface area contributed by atoms with Gasteiger partial charge in [0.05, 0.1) is 0 Å². The number of amides is 1. The van der Waals surface area contributed by atoms with Crippen LogP contribution in [-0.4, -0.2) is 44.2 Å². The molecule has 1 aliphatic heterocycles. The van der Waals surface area contributed by atoms with Gasteiger partial charge in [0, 0.05) is 32.2 Å². The Morgan fingerprint density at radius 1 is 1.38 bits per heavy atom. The molecule has 2 heterocycles. The molecule has 0 saturated carbocycles. The molecule has 3 rings (SSSR count). The van der Waals surface area contributed by atoms with E-state index in [-0.39, 0.29) is 21.3 Å². The summed E-state index contributed by atoms with van der Waals surface area (Å²) in [5.41, 5.74) is 2.37. The third-order valence-electron chi connectivity index (χ3n) is 4.13. The Bertz CT molecular complexity index is 897. The molecule has 140 valence electrons. The normalized spacial score (nSPS) is 17.5. The first-order chi connectivity index (χ1) is 12.3. The molecular weight excluding hydrogens is 374 g/mol. The summed E-state index contributed by atoms with van der Waals surface area (Å²) in [6, 6.07) is 8.30. The third kappa shape index (κ3) is 4.57. The predicted molar refractivity (Wildman–Crippen MR) is 101 cm³/mol. The first-order valence-electron chi connectivity index (χ1n) is 8.26. The number of anilines is 2. The highest BCUT2D eigenvalue weighted by atomic mass is 32.2. The minimum absolute atomic E-state index is 0.144. The van der Waals surface area contributed by atoms with Crippen molar-refractivity contribution in [2.75, 3.05) is 29.9 Å². The Balaban J connectivity index is 1.57. The summed E-state index contributed by atoms with van der Waals surface area (Å²) in [7, 11) is -3.73. The standard InChI is InChI=1S/C16H21N5O3S2/c1-11-4-3-5-14(8-11)21-7-6-13(10-21)9-17-26(23,24)16-20-19-15(25-16)18-12(2)22/h3-5,8,13,17H,6-7,9-10H2,1-2H3,(H,18,19,22). The smallest absolute Gasteiger partial charge is 0.269 e. The van der Waals surface area contributed by atoms with Crippen molar-refractivity contribution in [3.8, 4) is 0 Å². The van der Waals surface area contributed by atoms with Gasteiger partial charge in [0.2, 0.25) is 15.4 Å². The van der Waals surface area contributed by atoms with E-state index in [1.165, 1.54) is 18.2 Å². The number of aryl methyl sites for hydroxylation is 1. The summed E-state index contributed by atoms with van der Waals surface area (Å²) in [5.74, 6) is -0.0896. The Kier molecular flexibility index (Phi) is 5.54. The van der Waals surface area contributed by atoms with E-state index in [0.29, 0.717) is 6.54 Å². The van der Waals surface area contributed by atoms with Crippen LogP contribution in [0.25, 0.3) is 0 Å². The van der Waals surface area contributed by atoms with Crippen LogP contribution in [0.4, 0.5) is 10.8 Å². The number of nitrogens with one attached hydrogen (secondary N) is 2. The Hall–Kier alpha value is -2.04. The van der Waals surface area contributed by atoms with Gasteiger partial charge < -0.3 is 10.2 Å². The van der Waals surface area contributed by atoms with Crippen molar-refractivity contribution in [2.24, 2.45) is 5.92 Å². The molecule has 0 spiro atoms. The van der Waals surface area contributed by atoms with Gasteiger partial charge in [0.1, 0.15) is 0 Å². The van der Waals surface area contributed by atoms with Crippen molar-refractivity contribution >= 4 is 38.1 Å². The zero-order valence-corrected chi connectivity index (χ0v) is 16.2. The fourth-order valence-electron chi connectivity index (χ4n) is 2.87. The quantitative estimate of drug-likeness (QED) is 0.720. The van der Waals surface area contributed by atoms with Crippen molar-refractivity contribution < 1.29 is 13.2 Å². The molecule has 1 unspecified atom stereocenters. The average molecular weight is 396 g/mol. The summed E-state index contributed by atoms with van der Waals surface area (Å²) in [5, 5.41) is 9.92. The van der Waals surface area contributed by atoms with Crippen LogP contribution in [-0.2, 0) is 14.8 Å². The topological polar surface area (TPSA) is 104 Å². The molecule has 1 aliphatic rings. The van der Waals surface area contributed by atoms with Crippen LogP contribution in [0.2, 0.25) is 0 Å². The van der Waals surface area contributed by atoms with E-state index in [9.17, 15) is 13.2 Å². The molecule has 2 N–H and O–H groups in total. The zero-order valence-electron chi connectivity index (χ0n) is 14.6. The number of hydrogen-bond acceptors (Lipinski definition) is 7. The Labute approximate surface area is 156 Å². The molecule has 1 fully saturated rings. The molecule has 1 atom stereocenters. The second kappa shape index (κ2) is 7.68. The fraction of sp³-hybridized carbons (Fsp3) is 0.438. The van der Waals surface area contributed by atoms with E-state index >= 15 is 0 Å². The number of nitrogens with zero attached hydrogens (tertiary/aromatic N) is 3. The number of sulfonamides is 1. The van der Waals surface area contributed by atoms with Crippen LogP contribution >= 0.6 is 11.3 Å². The van der Waals surface area contributed by atoms with Gasteiger partial charge in [-0.2, -0.15) is 0 Å². The van der Waals surface area contributed by atoms with Crippen molar-refractivity contribution in [2.45, 2.75) is 24.6 Å². The molecule has 1 amide bonds. The van der Waals surface area contributed by atoms with E-state index in [4.69, 9.17) is 0 Å². The second-order valence-corrected chi connectivity index (χ2v) is 9.26. The Morgan fingerprint density at radius 2 is 2.19 bits per heavy atom. The molecule has 8 nitrogen and oxygen atoms in total. The number of carbonyl (C=O) groups is 1. The van der Waals surface area contributed by atoms with E-state index < -0.39 is 10.0 Å². The predicted octanol–water partition coefficient (Wildman–Crippen LogP) is 1.61. The minimum atomic E-state index is -3.73. The molecule has 10 heteroatoms. The lowest BCUT2D eigenvalue weighted by Gasteiger charge is -2.19. The highest BCUT2D eigenvalue weighted by Gasteiger charge is 2.26. The van der Waals surface area contributed by atoms with E-state index in [1.807, 2.05) is 6.07 Å². The highest BCUT2D eigenvalue weighted by molar-refractivity contribution is 7.91. The fourth-order valence-corrected chi connectivity index (χ4v) is 4.97. The first kappa shape index (κ1) is 18.7. The summed E-state index contributed by atoms with van der Waals surface area (Å²) in [4.78, 5) is 13.3. The van der Waals surface area contributed by atoms with Gasteiger partial charge >= 0.3 is 0 Å². The van der Waals surface area contributed by atoms with Gasteiger partial charge in [-0.3, -0.25) is 4.79 Å². The SMILES string of the molecule is CC(=O)Nc1nnc(S(=O)(=O)NCC2CCN(c3cccc(C)c3)C2)s1. The van der Waals surface area contributed by atoms with E-state index in [1.54, 1.807) is 0 Å². The van der Waals surface area contributed by atoms with Gasteiger partial charge in [-0.25, -0.2) is 13.1 Å². The van der Waals surface area contributed by atoms with Gasteiger partial charge in [0.25, 0.3) is 10.0 Å². The monoisotopic (exact) mass is 395 g/mol. The minimum Gasteiger partial charge on any atom is -0.371 e. The maximum absolute atomic E-state index is 12.4. The maximum atomic E-state index is 12.4. The average Bonchev–Trinajstić information content (AvgIpc) is 3.22. The molecular formula is C16H21N5O3S2. The van der Waals surface area contributed by atoms with E-state index in [0.717, 1.165) is 30.8 Å². The van der Waals surface area contributed by atoms with E-state index in [2.05, 4.69) is 50.3 Å². The molecule has 0 bridgehead atoms. The maximum Gasteiger partial charge on any atom is 0.269 e. The van der Waals surface area contributed by atoms with Crippen LogP contribution in [0, 0.1) is 12.8 Å². The summed E-state index contributed by atoms with van der Waals surface area (Å²) >= 11 is 0.835. The van der Waals surface area contributed by atoms with Gasteiger partial charge in [-0.15, -0.1) is 10.2 Å². The van der Waals surface area contributed by atoms with Gasteiger partial charge in [-0.05, 0) is 37.0 Å². The molecule has 1 aromatic heterocycles. The van der Waals surface area contributed by atoms with Gasteiger partial charge in [0.15, 0.2) is 0 Å². The molecule has 1 saturated heterocycles. The van der Waals surface area contributed by atoms with Crippen LogP contribution in [0.3, 0.4) is 0 Å². The van der Waals surface area contributed by atoms with Crippen molar-refractivity contribution in [3.05, 3.63) is 29.8 Å². The van der Waals surface area contributed by atoms with Crippen LogP contribution in [0.15, 0.2) is 28.6 Å². The second-order valence-electron chi connectivity index (χ2n) is 6.35. The lowest BCUT2D eigenvalue weighted by atomic mass is 10.1. The number of aromatic nitrogens is 2. The number of benzene rings is 1. The Morgan fingerprint density at radius 3 is 2.92 bits per heavy atom. The molecule has 1 aromatic carbocycles. The molecule has 2 aromatic rings. The lowest BCUT2D eigenvalue weighted by molar-refractivity contribution is -0.114. The number of carbonyl (C=O) groups excluding carboxylic acids is 1. The molecule has 0 radical (unpaired) electrons. The highest BCUT2D eigenvalue weighted by Crippen LogP contribution is 2.25. The molecule has 26 heavy (non-hydrogen) atoms. The van der Waals surface area contributed by atoms with Crippen molar-refractivity contribution in [1.82, 2.24) is 14.9 Å². The van der Waals surface area contributed by atoms with Crippen LogP contribution in [0.1, 0.15) is 18.9 Å². The summed E-state index contributed by atoms with van der Waals surface area (Å²) in [6.45, 7) is 5.44. The first-order valence-corrected chi connectivity index (χ1v) is 10.6. The third-order valence-corrected chi connectivity index (χ3v) is 6.76. The van der Waals surface area contributed by atoms with Crippen molar-refractivity contribution in [1.29, 1.82) is 0 Å². The van der Waals surface area contributed by atoms with Gasteiger partial charge in [-0.1, -0.05) is 23.5 Å². The lowest BCUT2D eigenvalue weighted by Crippen LogP contribution is -2.31. The number of hydrogen-bond donors (Lipinski definition) is 2. The van der Waals surface area contributed by atoms with Crippen LogP contribution < -0.4 is 14.9 Å². The number of rotatable bonds is 6. The zero-order chi connectivity index (χ0) is 18.7. The largest absolute Gasteiger partial charge is 0.371 e. The molecule has 0 aliphatic carbocycles. The summed E-state index contributed by atoms with van der Waals surface area (Å²) in [6.07, 6.45) is 0.920.